The van der Waals surface area contributed by atoms with Crippen LogP contribution in [0.4, 0.5) is 0 Å². The van der Waals surface area contributed by atoms with Crippen molar-refractivity contribution in [3.8, 4) is 11.5 Å². The highest BCUT2D eigenvalue weighted by atomic mass is 16.5. The van der Waals surface area contributed by atoms with Crippen molar-refractivity contribution in [2.24, 2.45) is 5.92 Å². The van der Waals surface area contributed by atoms with Gasteiger partial charge in [0.15, 0.2) is 0 Å². The van der Waals surface area contributed by atoms with Gasteiger partial charge >= 0.3 is 0 Å². The Hall–Kier alpha value is -1.26. The minimum Gasteiger partial charge on any atom is -0.508 e. The molecule has 0 amide bonds. The maximum atomic E-state index is 9.83. The Balaban J connectivity index is 1.92. The van der Waals surface area contributed by atoms with Crippen LogP contribution in [0.25, 0.3) is 0 Å². The highest BCUT2D eigenvalue weighted by Crippen LogP contribution is 2.29. The molecular weight excluding hydrogens is 242 g/mol. The summed E-state index contributed by atoms with van der Waals surface area (Å²) in [5.74, 6) is 0.769. The van der Waals surface area contributed by atoms with Crippen LogP contribution in [0.2, 0.25) is 0 Å². The van der Waals surface area contributed by atoms with Gasteiger partial charge < -0.3 is 20.3 Å². The van der Waals surface area contributed by atoms with Crippen LogP contribution in [0.5, 0.6) is 11.5 Å². The van der Waals surface area contributed by atoms with E-state index in [1.165, 1.54) is 6.07 Å². The van der Waals surface area contributed by atoms with Crippen molar-refractivity contribution >= 4 is 0 Å². The van der Waals surface area contributed by atoms with Crippen molar-refractivity contribution in [2.45, 2.75) is 38.8 Å². The highest BCUT2D eigenvalue weighted by Gasteiger charge is 2.26. The van der Waals surface area contributed by atoms with Gasteiger partial charge in [0, 0.05) is 30.8 Å². The molecule has 1 aromatic rings. The number of nitrogens with one attached hydrogen (secondary N) is 1. The standard InChI is InChI=1S/C15H23NO3/c1-3-15-11(6-7-19-15)9-16-10(2)13-5-4-12(17)8-14(13)18/h4-5,8,10-11,15-18H,3,6-7,9H2,1-2H3. The SMILES string of the molecule is CCC1OCCC1CNC(C)c1ccc(O)cc1O. The molecule has 0 spiro atoms. The summed E-state index contributed by atoms with van der Waals surface area (Å²) in [4.78, 5) is 0. The van der Waals surface area contributed by atoms with Gasteiger partial charge in [-0.1, -0.05) is 13.0 Å². The third kappa shape index (κ3) is 3.39. The molecule has 1 aliphatic heterocycles. The fourth-order valence-corrected chi connectivity index (χ4v) is 2.71. The minimum absolute atomic E-state index is 0.0544. The Morgan fingerprint density at radius 1 is 1.42 bits per heavy atom. The molecule has 1 heterocycles. The second kappa shape index (κ2) is 6.26. The predicted molar refractivity (Wildman–Crippen MR) is 74.3 cm³/mol. The van der Waals surface area contributed by atoms with Gasteiger partial charge in [-0.3, -0.25) is 0 Å². The molecule has 3 N–H and O–H groups in total. The molecule has 0 aliphatic carbocycles. The highest BCUT2D eigenvalue weighted by molar-refractivity contribution is 5.40. The average molecular weight is 265 g/mol. The third-order valence-electron chi connectivity index (χ3n) is 3.92. The summed E-state index contributed by atoms with van der Waals surface area (Å²) in [5, 5.41) is 22.6. The Morgan fingerprint density at radius 3 is 2.89 bits per heavy atom. The van der Waals surface area contributed by atoms with E-state index in [-0.39, 0.29) is 17.5 Å². The van der Waals surface area contributed by atoms with Crippen LogP contribution < -0.4 is 5.32 Å². The lowest BCUT2D eigenvalue weighted by Gasteiger charge is -2.21. The van der Waals surface area contributed by atoms with Gasteiger partial charge in [0.25, 0.3) is 0 Å². The van der Waals surface area contributed by atoms with E-state index in [0.717, 1.165) is 31.6 Å². The molecule has 0 radical (unpaired) electrons. The second-order valence-corrected chi connectivity index (χ2v) is 5.24. The summed E-state index contributed by atoms with van der Waals surface area (Å²) in [5.41, 5.74) is 0.810. The first kappa shape index (κ1) is 14.2. The quantitative estimate of drug-likeness (QED) is 0.765. The zero-order valence-corrected chi connectivity index (χ0v) is 11.6. The fourth-order valence-electron chi connectivity index (χ4n) is 2.71. The number of phenolic OH excluding ortho intramolecular Hbond substituents is 2. The monoisotopic (exact) mass is 265 g/mol. The molecule has 1 fully saturated rings. The molecule has 4 heteroatoms. The van der Waals surface area contributed by atoms with Gasteiger partial charge in [-0.15, -0.1) is 0 Å². The molecule has 2 rings (SSSR count). The van der Waals surface area contributed by atoms with Gasteiger partial charge in [-0.05, 0) is 31.7 Å². The molecule has 0 aromatic heterocycles. The maximum absolute atomic E-state index is 9.83. The largest absolute Gasteiger partial charge is 0.508 e. The van der Waals surface area contributed by atoms with Gasteiger partial charge in [0.2, 0.25) is 0 Å². The molecule has 106 valence electrons. The lowest BCUT2D eigenvalue weighted by atomic mass is 9.98. The Labute approximate surface area is 114 Å². The molecule has 3 unspecified atom stereocenters. The number of ether oxygens (including phenoxy) is 1. The molecule has 1 aromatic carbocycles. The number of hydrogen-bond acceptors (Lipinski definition) is 4. The van der Waals surface area contributed by atoms with Gasteiger partial charge in [0.05, 0.1) is 6.10 Å². The predicted octanol–water partition coefficient (Wildman–Crippen LogP) is 2.56. The zero-order chi connectivity index (χ0) is 13.8. The maximum Gasteiger partial charge on any atom is 0.124 e. The lowest BCUT2D eigenvalue weighted by Crippen LogP contribution is -2.30. The molecule has 1 saturated heterocycles. The van der Waals surface area contributed by atoms with E-state index in [2.05, 4.69) is 12.2 Å². The van der Waals surface area contributed by atoms with Crippen LogP contribution in [-0.4, -0.2) is 29.5 Å². The molecule has 1 aliphatic rings. The average Bonchev–Trinajstić information content (AvgIpc) is 2.83. The van der Waals surface area contributed by atoms with Crippen LogP contribution in [0.1, 0.15) is 38.3 Å². The molecule has 19 heavy (non-hydrogen) atoms. The summed E-state index contributed by atoms with van der Waals surface area (Å²) in [7, 11) is 0. The minimum atomic E-state index is 0.0544. The number of phenols is 2. The van der Waals surface area contributed by atoms with E-state index >= 15 is 0 Å². The van der Waals surface area contributed by atoms with Crippen molar-refractivity contribution < 1.29 is 14.9 Å². The van der Waals surface area contributed by atoms with E-state index in [4.69, 9.17) is 4.74 Å². The topological polar surface area (TPSA) is 61.7 Å². The van der Waals surface area contributed by atoms with E-state index in [1.54, 1.807) is 12.1 Å². The van der Waals surface area contributed by atoms with E-state index in [0.29, 0.717) is 12.0 Å². The Morgan fingerprint density at radius 2 is 2.21 bits per heavy atom. The van der Waals surface area contributed by atoms with Crippen LogP contribution >= 0.6 is 0 Å². The van der Waals surface area contributed by atoms with Crippen molar-refractivity contribution in [3.63, 3.8) is 0 Å². The number of aromatic hydroxyl groups is 2. The summed E-state index contributed by atoms with van der Waals surface area (Å²) >= 11 is 0. The van der Waals surface area contributed by atoms with Crippen LogP contribution in [0.15, 0.2) is 18.2 Å². The normalized spacial score (nSPS) is 24.5. The summed E-state index contributed by atoms with van der Waals surface area (Å²) in [6, 6.07) is 4.78. The van der Waals surface area contributed by atoms with Crippen LogP contribution in [0.3, 0.4) is 0 Å². The first-order chi connectivity index (χ1) is 9.11. The van der Waals surface area contributed by atoms with Gasteiger partial charge in [-0.2, -0.15) is 0 Å². The zero-order valence-electron chi connectivity index (χ0n) is 11.6. The van der Waals surface area contributed by atoms with Crippen molar-refractivity contribution in [1.29, 1.82) is 0 Å². The fraction of sp³-hybridized carbons (Fsp3) is 0.600. The number of rotatable bonds is 5. The first-order valence-electron chi connectivity index (χ1n) is 6.98. The number of benzene rings is 1. The summed E-state index contributed by atoms with van der Waals surface area (Å²) in [6.45, 7) is 5.91. The number of hydrogen-bond donors (Lipinski definition) is 3. The molecule has 4 nitrogen and oxygen atoms in total. The van der Waals surface area contributed by atoms with Crippen molar-refractivity contribution in [1.82, 2.24) is 5.32 Å². The second-order valence-electron chi connectivity index (χ2n) is 5.24. The Bertz CT molecular complexity index is 422. The van der Waals surface area contributed by atoms with E-state index in [9.17, 15) is 10.2 Å². The van der Waals surface area contributed by atoms with E-state index in [1.807, 2.05) is 6.92 Å². The Kier molecular flexibility index (Phi) is 4.66. The van der Waals surface area contributed by atoms with Crippen LogP contribution in [-0.2, 0) is 4.74 Å². The molecule has 0 bridgehead atoms. The first-order valence-corrected chi connectivity index (χ1v) is 6.98. The lowest BCUT2D eigenvalue weighted by molar-refractivity contribution is 0.0867. The van der Waals surface area contributed by atoms with Gasteiger partial charge in [-0.25, -0.2) is 0 Å². The van der Waals surface area contributed by atoms with Gasteiger partial charge in [0.1, 0.15) is 11.5 Å². The summed E-state index contributed by atoms with van der Waals surface area (Å²) in [6.07, 6.45) is 2.50. The smallest absolute Gasteiger partial charge is 0.124 e. The van der Waals surface area contributed by atoms with Crippen LogP contribution in [0, 0.1) is 5.92 Å². The summed E-state index contributed by atoms with van der Waals surface area (Å²) < 4.78 is 5.67. The van der Waals surface area contributed by atoms with Crippen molar-refractivity contribution in [3.05, 3.63) is 23.8 Å². The molecule has 0 saturated carbocycles. The van der Waals surface area contributed by atoms with E-state index < -0.39 is 0 Å². The molecular formula is C15H23NO3. The third-order valence-corrected chi connectivity index (χ3v) is 3.92. The van der Waals surface area contributed by atoms with Crippen molar-refractivity contribution in [2.75, 3.05) is 13.2 Å². The molecule has 3 atom stereocenters.